The maximum Gasteiger partial charge on any atom is 0.238 e. The Balaban J connectivity index is 1.56. The van der Waals surface area contributed by atoms with Gasteiger partial charge in [-0.1, -0.05) is 36.4 Å². The van der Waals surface area contributed by atoms with Crippen LogP contribution in [0.3, 0.4) is 0 Å². The van der Waals surface area contributed by atoms with Crippen molar-refractivity contribution in [1.29, 1.82) is 0 Å². The third kappa shape index (κ3) is 4.82. The van der Waals surface area contributed by atoms with E-state index in [1.807, 2.05) is 47.1 Å². The quantitative estimate of drug-likeness (QED) is 0.710. The molecule has 2 N–H and O–H groups in total. The number of rotatable bonds is 5. The normalized spacial score (nSPS) is 24.4. The van der Waals surface area contributed by atoms with Gasteiger partial charge in [-0.15, -0.1) is 0 Å². The van der Waals surface area contributed by atoms with Gasteiger partial charge in [-0.05, 0) is 43.1 Å². The molecule has 0 aliphatic carbocycles. The standard InChI is InChI=1S/C26H31FN4O3/c1-17-9-10-22(27)23(13-17)28-24(34)14-30-12-11-21-25(20-7-5-4-6-8-20)31(19(3)33)16-26(21,15-30)29-18(2)32/h4-10,13,21,25H,11-12,14-16H2,1-3H3,(H,28,34)(H,29,32)/t21-,25-,26-/m1/s1. The van der Waals surface area contributed by atoms with E-state index in [0.717, 1.165) is 11.1 Å². The smallest absolute Gasteiger partial charge is 0.238 e. The van der Waals surface area contributed by atoms with E-state index in [-0.39, 0.29) is 41.9 Å². The van der Waals surface area contributed by atoms with E-state index in [2.05, 4.69) is 10.6 Å². The predicted molar refractivity (Wildman–Crippen MR) is 127 cm³/mol. The molecule has 34 heavy (non-hydrogen) atoms. The second-order valence-electron chi connectivity index (χ2n) is 9.48. The molecular weight excluding hydrogens is 435 g/mol. The van der Waals surface area contributed by atoms with E-state index in [9.17, 15) is 18.8 Å². The molecule has 2 aromatic carbocycles. The molecule has 2 aliphatic heterocycles. The Labute approximate surface area is 199 Å². The van der Waals surface area contributed by atoms with Crippen LogP contribution in [-0.2, 0) is 14.4 Å². The fourth-order valence-corrected chi connectivity index (χ4v) is 5.59. The molecule has 0 unspecified atom stereocenters. The lowest BCUT2D eigenvalue weighted by Crippen LogP contribution is -2.64. The summed E-state index contributed by atoms with van der Waals surface area (Å²) in [4.78, 5) is 41.4. The fraction of sp³-hybridized carbons (Fsp3) is 0.423. The highest BCUT2D eigenvalue weighted by atomic mass is 19.1. The van der Waals surface area contributed by atoms with Crippen LogP contribution < -0.4 is 10.6 Å². The average Bonchev–Trinajstić information content (AvgIpc) is 3.10. The molecule has 3 amide bonds. The Bertz CT molecular complexity index is 1090. The third-order valence-corrected chi connectivity index (χ3v) is 6.87. The number of likely N-dealkylation sites (tertiary alicyclic amines) is 2. The van der Waals surface area contributed by atoms with Gasteiger partial charge >= 0.3 is 0 Å². The molecule has 3 atom stereocenters. The zero-order valence-corrected chi connectivity index (χ0v) is 19.8. The van der Waals surface area contributed by atoms with Crippen molar-refractivity contribution in [3.63, 3.8) is 0 Å². The zero-order chi connectivity index (χ0) is 24.5. The first-order chi connectivity index (χ1) is 16.2. The van der Waals surface area contributed by atoms with Gasteiger partial charge in [0.2, 0.25) is 17.7 Å². The fourth-order valence-electron chi connectivity index (χ4n) is 5.59. The number of fused-ring (bicyclic) bond motifs is 1. The number of benzene rings is 2. The highest BCUT2D eigenvalue weighted by molar-refractivity contribution is 5.92. The van der Waals surface area contributed by atoms with Crippen LogP contribution in [0.2, 0.25) is 0 Å². The number of nitrogens with zero attached hydrogens (tertiary/aromatic N) is 2. The van der Waals surface area contributed by atoms with Crippen molar-refractivity contribution >= 4 is 23.4 Å². The largest absolute Gasteiger partial charge is 0.347 e. The van der Waals surface area contributed by atoms with Gasteiger partial charge in [0.25, 0.3) is 0 Å². The van der Waals surface area contributed by atoms with Crippen LogP contribution in [0.15, 0.2) is 48.5 Å². The average molecular weight is 467 g/mol. The summed E-state index contributed by atoms with van der Waals surface area (Å²) in [6, 6.07) is 14.3. The highest BCUT2D eigenvalue weighted by Gasteiger charge is 2.56. The van der Waals surface area contributed by atoms with E-state index in [0.29, 0.717) is 26.1 Å². The first kappa shape index (κ1) is 23.9. The molecule has 0 bridgehead atoms. The second-order valence-corrected chi connectivity index (χ2v) is 9.48. The number of aryl methyl sites for hydroxylation is 1. The lowest BCUT2D eigenvalue weighted by atomic mass is 9.75. The Morgan fingerprint density at radius 1 is 1.09 bits per heavy atom. The van der Waals surface area contributed by atoms with Crippen molar-refractivity contribution < 1.29 is 18.8 Å². The molecule has 0 radical (unpaired) electrons. The van der Waals surface area contributed by atoms with Crippen LogP contribution in [0.1, 0.15) is 37.4 Å². The number of carbonyl (C=O) groups excluding carboxylic acids is 3. The minimum atomic E-state index is -0.675. The summed E-state index contributed by atoms with van der Waals surface area (Å²) < 4.78 is 14.1. The Hall–Kier alpha value is -3.26. The Kier molecular flexibility index (Phi) is 6.70. The summed E-state index contributed by atoms with van der Waals surface area (Å²) in [5, 5.41) is 5.81. The van der Waals surface area contributed by atoms with Gasteiger partial charge in [-0.25, -0.2) is 4.39 Å². The summed E-state index contributed by atoms with van der Waals surface area (Å²) in [5.41, 5.74) is 1.37. The number of hydrogen-bond acceptors (Lipinski definition) is 4. The molecule has 0 aromatic heterocycles. The van der Waals surface area contributed by atoms with E-state index < -0.39 is 11.4 Å². The summed E-state index contributed by atoms with van der Waals surface area (Å²) in [5.74, 6) is -1.01. The maximum atomic E-state index is 14.1. The van der Waals surface area contributed by atoms with E-state index in [1.54, 1.807) is 19.1 Å². The molecule has 0 spiro atoms. The van der Waals surface area contributed by atoms with Gasteiger partial charge in [-0.2, -0.15) is 0 Å². The molecule has 2 heterocycles. The van der Waals surface area contributed by atoms with Crippen LogP contribution in [0, 0.1) is 18.7 Å². The third-order valence-electron chi connectivity index (χ3n) is 6.87. The molecule has 180 valence electrons. The van der Waals surface area contributed by atoms with Crippen LogP contribution in [0.4, 0.5) is 10.1 Å². The molecule has 4 rings (SSSR count). The summed E-state index contributed by atoms with van der Waals surface area (Å²) in [6.07, 6.45) is 0.704. The Morgan fingerprint density at radius 2 is 1.82 bits per heavy atom. The monoisotopic (exact) mass is 466 g/mol. The summed E-state index contributed by atoms with van der Waals surface area (Å²) in [6.45, 7) is 6.36. The predicted octanol–water partition coefficient (Wildman–Crippen LogP) is 2.87. The number of nitrogens with one attached hydrogen (secondary N) is 2. The van der Waals surface area contributed by atoms with Crippen LogP contribution in [0.25, 0.3) is 0 Å². The van der Waals surface area contributed by atoms with Crippen LogP contribution in [-0.4, -0.2) is 59.2 Å². The van der Waals surface area contributed by atoms with Gasteiger partial charge in [-0.3, -0.25) is 19.3 Å². The van der Waals surface area contributed by atoms with Crippen molar-refractivity contribution in [2.45, 2.75) is 38.8 Å². The SMILES string of the molecule is CC(=O)N[C@@]12CN(CC(=O)Nc3cc(C)ccc3F)CC[C@@H]1[C@@H](c1ccccc1)N(C(C)=O)C2. The highest BCUT2D eigenvalue weighted by Crippen LogP contribution is 2.47. The number of carbonyl (C=O) groups is 3. The molecule has 2 aromatic rings. The molecule has 7 nitrogen and oxygen atoms in total. The summed E-state index contributed by atoms with van der Waals surface area (Å²) >= 11 is 0. The van der Waals surface area contributed by atoms with Crippen molar-refractivity contribution in [1.82, 2.24) is 15.1 Å². The lowest BCUT2D eigenvalue weighted by Gasteiger charge is -2.45. The summed E-state index contributed by atoms with van der Waals surface area (Å²) in [7, 11) is 0. The molecule has 2 aliphatic rings. The van der Waals surface area contributed by atoms with E-state index in [1.165, 1.54) is 13.0 Å². The minimum absolute atomic E-state index is 0.0104. The zero-order valence-electron chi connectivity index (χ0n) is 19.8. The molecule has 2 fully saturated rings. The Morgan fingerprint density at radius 3 is 2.50 bits per heavy atom. The number of hydrogen-bond donors (Lipinski definition) is 2. The second kappa shape index (κ2) is 9.54. The van der Waals surface area contributed by atoms with Crippen LogP contribution >= 0.6 is 0 Å². The molecule has 8 heteroatoms. The number of halogens is 1. The molecule has 0 saturated carbocycles. The minimum Gasteiger partial charge on any atom is -0.347 e. The topological polar surface area (TPSA) is 81.8 Å². The molecular formula is C26H31FN4O3. The van der Waals surface area contributed by atoms with Crippen molar-refractivity contribution in [3.05, 3.63) is 65.5 Å². The van der Waals surface area contributed by atoms with Crippen LogP contribution in [0.5, 0.6) is 0 Å². The van der Waals surface area contributed by atoms with Crippen molar-refractivity contribution in [2.75, 3.05) is 31.5 Å². The van der Waals surface area contributed by atoms with Gasteiger partial charge < -0.3 is 15.5 Å². The first-order valence-corrected chi connectivity index (χ1v) is 11.6. The van der Waals surface area contributed by atoms with E-state index in [4.69, 9.17) is 0 Å². The lowest BCUT2D eigenvalue weighted by molar-refractivity contribution is -0.130. The van der Waals surface area contributed by atoms with Gasteiger partial charge in [0.15, 0.2) is 0 Å². The number of amides is 3. The number of piperidine rings is 1. The first-order valence-electron chi connectivity index (χ1n) is 11.6. The van der Waals surface area contributed by atoms with Gasteiger partial charge in [0, 0.05) is 32.9 Å². The van der Waals surface area contributed by atoms with E-state index >= 15 is 0 Å². The van der Waals surface area contributed by atoms with Gasteiger partial charge in [0.05, 0.1) is 23.8 Å². The maximum absolute atomic E-state index is 14.1. The van der Waals surface area contributed by atoms with Crippen molar-refractivity contribution in [2.24, 2.45) is 5.92 Å². The molecule has 2 saturated heterocycles. The number of anilines is 1. The van der Waals surface area contributed by atoms with Crippen molar-refractivity contribution in [3.8, 4) is 0 Å². The van der Waals surface area contributed by atoms with Gasteiger partial charge in [0.1, 0.15) is 5.82 Å².